The maximum atomic E-state index is 9.12. The molecule has 2 aliphatic rings. The van der Waals surface area contributed by atoms with Gasteiger partial charge in [0.15, 0.2) is 5.82 Å². The van der Waals surface area contributed by atoms with E-state index in [1.807, 2.05) is 0 Å². The zero-order valence-electron chi connectivity index (χ0n) is 9.71. The van der Waals surface area contributed by atoms with Crippen molar-refractivity contribution in [1.82, 2.24) is 9.97 Å². The zero-order chi connectivity index (χ0) is 11.8. The van der Waals surface area contributed by atoms with E-state index >= 15 is 0 Å². The minimum absolute atomic E-state index is 0.269. The summed E-state index contributed by atoms with van der Waals surface area (Å²) in [5.74, 6) is 2.96. The van der Waals surface area contributed by atoms with Gasteiger partial charge in [-0.2, -0.15) is 0 Å². The van der Waals surface area contributed by atoms with E-state index in [1.165, 1.54) is 19.2 Å². The largest absolute Gasteiger partial charge is 0.396 e. The molecule has 1 aromatic heterocycles. The molecule has 0 aromatic carbocycles. The SMILES string of the molecule is Nc1cncnc1N[C@H]1C[C@@H]2C[C@@H]2[C@@H]1CCO. The van der Waals surface area contributed by atoms with Crippen LogP contribution >= 0.6 is 0 Å². The molecular weight excluding hydrogens is 216 g/mol. The highest BCUT2D eigenvalue weighted by atomic mass is 16.3. The minimum atomic E-state index is 0.269. The molecule has 4 N–H and O–H groups in total. The molecular formula is C12H18N4O. The number of aliphatic hydroxyl groups excluding tert-OH is 1. The molecule has 1 aromatic rings. The molecule has 1 heterocycles. The number of nitrogen functional groups attached to an aromatic ring is 1. The lowest BCUT2D eigenvalue weighted by Gasteiger charge is -2.24. The number of anilines is 2. The first-order valence-corrected chi connectivity index (χ1v) is 6.22. The van der Waals surface area contributed by atoms with Crippen LogP contribution in [0.1, 0.15) is 19.3 Å². The molecule has 5 heteroatoms. The number of aliphatic hydroxyl groups is 1. The van der Waals surface area contributed by atoms with Crippen molar-refractivity contribution >= 4 is 11.5 Å². The standard InChI is InChI=1S/C12H18N4O/c13-10-5-14-6-15-12(10)16-11-4-7-3-9(7)8(11)1-2-17/h5-9,11,17H,1-4,13H2,(H,14,15,16)/t7-,8-,9-,11-/m0/s1. The Morgan fingerprint density at radius 1 is 1.47 bits per heavy atom. The molecule has 4 atom stereocenters. The van der Waals surface area contributed by atoms with E-state index in [-0.39, 0.29) is 6.61 Å². The van der Waals surface area contributed by atoms with Crippen molar-refractivity contribution in [3.05, 3.63) is 12.5 Å². The van der Waals surface area contributed by atoms with Crippen molar-refractivity contribution in [3.8, 4) is 0 Å². The molecule has 0 radical (unpaired) electrons. The number of aromatic nitrogens is 2. The lowest BCUT2D eigenvalue weighted by atomic mass is 9.95. The van der Waals surface area contributed by atoms with E-state index in [4.69, 9.17) is 10.8 Å². The Labute approximate surface area is 100 Å². The summed E-state index contributed by atoms with van der Waals surface area (Å²) in [6.45, 7) is 0.269. The fourth-order valence-corrected chi connectivity index (χ4v) is 3.23. The van der Waals surface area contributed by atoms with Crippen LogP contribution in [0.15, 0.2) is 12.5 Å². The van der Waals surface area contributed by atoms with Crippen LogP contribution in [0.4, 0.5) is 11.5 Å². The molecule has 0 saturated heterocycles. The second-order valence-corrected chi connectivity index (χ2v) is 5.15. The lowest BCUT2D eigenvalue weighted by molar-refractivity contribution is 0.243. The number of hydrogen-bond acceptors (Lipinski definition) is 5. The van der Waals surface area contributed by atoms with Crippen molar-refractivity contribution in [2.24, 2.45) is 17.8 Å². The summed E-state index contributed by atoms with van der Waals surface area (Å²) in [5.41, 5.74) is 6.42. The van der Waals surface area contributed by atoms with E-state index in [2.05, 4.69) is 15.3 Å². The highest BCUT2D eigenvalue weighted by Crippen LogP contribution is 2.56. The first kappa shape index (κ1) is 10.8. The van der Waals surface area contributed by atoms with Crippen molar-refractivity contribution in [1.29, 1.82) is 0 Å². The third-order valence-electron chi connectivity index (χ3n) is 4.13. The first-order valence-electron chi connectivity index (χ1n) is 6.22. The maximum Gasteiger partial charge on any atom is 0.152 e. The molecule has 0 amide bonds. The summed E-state index contributed by atoms with van der Waals surface area (Å²) in [4.78, 5) is 8.05. The summed E-state index contributed by atoms with van der Waals surface area (Å²) in [5, 5.41) is 12.5. The van der Waals surface area contributed by atoms with Gasteiger partial charge >= 0.3 is 0 Å². The Morgan fingerprint density at radius 3 is 3.12 bits per heavy atom. The Bertz CT molecular complexity index is 411. The smallest absolute Gasteiger partial charge is 0.152 e. The quantitative estimate of drug-likeness (QED) is 0.720. The van der Waals surface area contributed by atoms with E-state index in [9.17, 15) is 0 Å². The van der Waals surface area contributed by atoms with Crippen molar-refractivity contribution in [3.63, 3.8) is 0 Å². The van der Waals surface area contributed by atoms with Crippen LogP contribution in [0.5, 0.6) is 0 Å². The molecule has 0 bridgehead atoms. The van der Waals surface area contributed by atoms with Gasteiger partial charge in [-0.15, -0.1) is 0 Å². The molecule has 0 spiro atoms. The molecule has 0 unspecified atom stereocenters. The van der Waals surface area contributed by atoms with Gasteiger partial charge in [0.2, 0.25) is 0 Å². The van der Waals surface area contributed by atoms with Crippen LogP contribution in [0.2, 0.25) is 0 Å². The van der Waals surface area contributed by atoms with Crippen LogP contribution in [-0.2, 0) is 0 Å². The van der Waals surface area contributed by atoms with E-state index < -0.39 is 0 Å². The number of nitrogens with one attached hydrogen (secondary N) is 1. The van der Waals surface area contributed by atoms with Crippen LogP contribution in [-0.4, -0.2) is 27.7 Å². The zero-order valence-corrected chi connectivity index (χ0v) is 9.71. The molecule has 0 aliphatic heterocycles. The molecule has 2 fully saturated rings. The maximum absolute atomic E-state index is 9.12. The van der Waals surface area contributed by atoms with E-state index in [1.54, 1.807) is 6.20 Å². The fraction of sp³-hybridized carbons (Fsp3) is 0.667. The number of nitrogens with two attached hydrogens (primary N) is 1. The summed E-state index contributed by atoms with van der Waals surface area (Å²) >= 11 is 0. The molecule has 3 rings (SSSR count). The number of nitrogens with zero attached hydrogens (tertiary/aromatic N) is 2. The Kier molecular flexibility index (Phi) is 2.63. The van der Waals surface area contributed by atoms with Crippen molar-refractivity contribution in [2.45, 2.75) is 25.3 Å². The van der Waals surface area contributed by atoms with Gasteiger partial charge in [-0.3, -0.25) is 0 Å². The number of rotatable bonds is 4. The van der Waals surface area contributed by atoms with Crippen LogP contribution < -0.4 is 11.1 Å². The predicted molar refractivity (Wildman–Crippen MR) is 65.3 cm³/mol. The highest BCUT2D eigenvalue weighted by molar-refractivity contribution is 5.59. The topological polar surface area (TPSA) is 84.1 Å². The van der Waals surface area contributed by atoms with Gasteiger partial charge in [-0.1, -0.05) is 0 Å². The summed E-state index contributed by atoms with van der Waals surface area (Å²) in [6.07, 6.45) is 6.52. The van der Waals surface area contributed by atoms with Gasteiger partial charge < -0.3 is 16.2 Å². The average molecular weight is 234 g/mol. The summed E-state index contributed by atoms with van der Waals surface area (Å²) in [6, 6.07) is 0.406. The van der Waals surface area contributed by atoms with Crippen LogP contribution in [0, 0.1) is 17.8 Å². The normalized spacial score (nSPS) is 34.4. The van der Waals surface area contributed by atoms with E-state index in [0.717, 1.165) is 24.1 Å². The van der Waals surface area contributed by atoms with Gasteiger partial charge in [0.1, 0.15) is 6.33 Å². The second kappa shape index (κ2) is 4.14. The van der Waals surface area contributed by atoms with Crippen LogP contribution in [0.3, 0.4) is 0 Å². The predicted octanol–water partition coefficient (Wildman–Crippen LogP) is 0.878. The van der Waals surface area contributed by atoms with Gasteiger partial charge in [-0.25, -0.2) is 9.97 Å². The second-order valence-electron chi connectivity index (χ2n) is 5.15. The number of fused-ring (bicyclic) bond motifs is 1. The molecule has 92 valence electrons. The molecule has 2 aliphatic carbocycles. The minimum Gasteiger partial charge on any atom is -0.396 e. The van der Waals surface area contributed by atoms with Gasteiger partial charge in [0.05, 0.1) is 11.9 Å². The Hall–Kier alpha value is -1.36. The fourth-order valence-electron chi connectivity index (χ4n) is 3.23. The Morgan fingerprint density at radius 2 is 2.35 bits per heavy atom. The third kappa shape index (κ3) is 1.95. The third-order valence-corrected chi connectivity index (χ3v) is 4.13. The van der Waals surface area contributed by atoms with Crippen molar-refractivity contribution < 1.29 is 5.11 Å². The van der Waals surface area contributed by atoms with Gasteiger partial charge in [0.25, 0.3) is 0 Å². The number of hydrogen-bond donors (Lipinski definition) is 3. The van der Waals surface area contributed by atoms with Gasteiger partial charge in [0, 0.05) is 12.6 Å². The first-order chi connectivity index (χ1) is 8.29. The average Bonchev–Trinajstić information content (AvgIpc) is 3.00. The molecule has 5 nitrogen and oxygen atoms in total. The molecule has 2 saturated carbocycles. The monoisotopic (exact) mass is 234 g/mol. The lowest BCUT2D eigenvalue weighted by Crippen LogP contribution is -2.28. The van der Waals surface area contributed by atoms with E-state index in [0.29, 0.717) is 17.6 Å². The summed E-state index contributed by atoms with van der Waals surface area (Å²) in [7, 11) is 0. The van der Waals surface area contributed by atoms with Crippen molar-refractivity contribution in [2.75, 3.05) is 17.7 Å². The van der Waals surface area contributed by atoms with Crippen LogP contribution in [0.25, 0.3) is 0 Å². The highest BCUT2D eigenvalue weighted by Gasteiger charge is 2.52. The summed E-state index contributed by atoms with van der Waals surface area (Å²) < 4.78 is 0. The molecule has 17 heavy (non-hydrogen) atoms. The Balaban J connectivity index is 1.71. The van der Waals surface area contributed by atoms with Gasteiger partial charge in [-0.05, 0) is 37.0 Å².